The average Bonchev–Trinajstić information content (AvgIpc) is 3.17. The molecule has 0 spiro atoms. The standard InChI is InChI=1S/C24H23N3OS2/c1-16-12-17(2)23-21(13-16)30-24(26-23)27(15-19-8-10-25-11-9-19)22(28)14-18-4-6-20(29-3)7-5-18/h4-13H,14-15H2,1-3H3. The van der Waals surface area contributed by atoms with Gasteiger partial charge in [0, 0.05) is 17.3 Å². The van der Waals surface area contributed by atoms with Gasteiger partial charge < -0.3 is 0 Å². The molecule has 2 aromatic heterocycles. The van der Waals surface area contributed by atoms with Crippen LogP contribution in [0.3, 0.4) is 0 Å². The zero-order valence-electron chi connectivity index (χ0n) is 17.3. The summed E-state index contributed by atoms with van der Waals surface area (Å²) in [4.78, 5) is 25.3. The molecule has 1 amide bonds. The second kappa shape index (κ2) is 8.98. The second-order valence-corrected chi connectivity index (χ2v) is 9.17. The van der Waals surface area contributed by atoms with Gasteiger partial charge in [0.2, 0.25) is 5.91 Å². The maximum atomic E-state index is 13.4. The van der Waals surface area contributed by atoms with Crippen LogP contribution >= 0.6 is 23.1 Å². The van der Waals surface area contributed by atoms with Crippen LogP contribution in [0.1, 0.15) is 22.3 Å². The van der Waals surface area contributed by atoms with Gasteiger partial charge in [0.05, 0.1) is 23.2 Å². The number of anilines is 1. The lowest BCUT2D eigenvalue weighted by Gasteiger charge is -2.20. The average molecular weight is 434 g/mol. The van der Waals surface area contributed by atoms with Gasteiger partial charge in [-0.1, -0.05) is 29.5 Å². The zero-order chi connectivity index (χ0) is 21.1. The largest absolute Gasteiger partial charge is 0.283 e. The summed E-state index contributed by atoms with van der Waals surface area (Å²) in [6.45, 7) is 4.63. The van der Waals surface area contributed by atoms with E-state index in [1.807, 2.05) is 30.5 Å². The van der Waals surface area contributed by atoms with E-state index in [1.165, 1.54) is 10.5 Å². The molecular formula is C24H23N3OS2. The van der Waals surface area contributed by atoms with Gasteiger partial charge >= 0.3 is 0 Å². The number of benzene rings is 2. The molecule has 4 rings (SSSR count). The minimum Gasteiger partial charge on any atom is -0.283 e. The van der Waals surface area contributed by atoms with E-state index in [9.17, 15) is 4.79 Å². The van der Waals surface area contributed by atoms with E-state index in [0.717, 1.165) is 32.0 Å². The van der Waals surface area contributed by atoms with Crippen LogP contribution in [-0.4, -0.2) is 22.1 Å². The van der Waals surface area contributed by atoms with Gasteiger partial charge in [-0.2, -0.15) is 0 Å². The van der Waals surface area contributed by atoms with Crippen LogP contribution in [0.15, 0.2) is 65.8 Å². The third-order valence-electron chi connectivity index (χ3n) is 4.95. The summed E-state index contributed by atoms with van der Waals surface area (Å²) in [5, 5.41) is 0.737. The Labute approximate surface area is 185 Å². The Hall–Kier alpha value is -2.70. The topological polar surface area (TPSA) is 46.1 Å². The summed E-state index contributed by atoms with van der Waals surface area (Å²) >= 11 is 3.27. The number of pyridine rings is 1. The monoisotopic (exact) mass is 433 g/mol. The molecule has 2 aromatic carbocycles. The van der Waals surface area contributed by atoms with Gasteiger partial charge in [-0.25, -0.2) is 4.98 Å². The predicted octanol–water partition coefficient (Wildman–Crippen LogP) is 5.81. The number of carbonyl (C=O) groups is 1. The first-order valence-electron chi connectivity index (χ1n) is 9.73. The molecule has 0 aliphatic carbocycles. The Morgan fingerprint density at radius 2 is 1.77 bits per heavy atom. The molecule has 4 nitrogen and oxygen atoms in total. The quantitative estimate of drug-likeness (QED) is 0.360. The Balaban J connectivity index is 1.68. The second-order valence-electron chi connectivity index (χ2n) is 7.29. The van der Waals surface area contributed by atoms with Crippen LogP contribution in [0.2, 0.25) is 0 Å². The van der Waals surface area contributed by atoms with E-state index >= 15 is 0 Å². The fourth-order valence-corrected chi connectivity index (χ4v) is 4.99. The van der Waals surface area contributed by atoms with Crippen molar-refractivity contribution in [3.05, 3.63) is 83.2 Å². The van der Waals surface area contributed by atoms with Crippen LogP contribution in [0.25, 0.3) is 10.2 Å². The number of hydrogen-bond acceptors (Lipinski definition) is 5. The molecule has 0 saturated carbocycles. The summed E-state index contributed by atoms with van der Waals surface area (Å²) in [6, 6.07) is 16.3. The third kappa shape index (κ3) is 4.55. The number of aromatic nitrogens is 2. The minimum atomic E-state index is 0.0390. The molecule has 0 atom stereocenters. The Bertz CT molecular complexity index is 1170. The number of nitrogens with zero attached hydrogens (tertiary/aromatic N) is 3. The van der Waals surface area contributed by atoms with Crippen LogP contribution in [0.5, 0.6) is 0 Å². The van der Waals surface area contributed by atoms with E-state index in [4.69, 9.17) is 4.98 Å². The molecule has 0 fully saturated rings. The Kier molecular flexibility index (Phi) is 6.16. The van der Waals surface area contributed by atoms with Crippen molar-refractivity contribution in [2.24, 2.45) is 0 Å². The Morgan fingerprint density at radius 1 is 1.03 bits per heavy atom. The third-order valence-corrected chi connectivity index (χ3v) is 6.72. The van der Waals surface area contributed by atoms with Gasteiger partial charge in [-0.3, -0.25) is 14.7 Å². The van der Waals surface area contributed by atoms with Crippen LogP contribution in [-0.2, 0) is 17.8 Å². The number of thioether (sulfide) groups is 1. The summed E-state index contributed by atoms with van der Waals surface area (Å²) in [5.74, 6) is 0.0390. The van der Waals surface area contributed by atoms with Gasteiger partial charge in [-0.05, 0) is 72.7 Å². The van der Waals surface area contributed by atoms with Crippen molar-refractivity contribution < 1.29 is 4.79 Å². The van der Waals surface area contributed by atoms with E-state index in [-0.39, 0.29) is 5.91 Å². The van der Waals surface area contributed by atoms with E-state index in [1.54, 1.807) is 40.4 Å². The maximum Gasteiger partial charge on any atom is 0.233 e. The van der Waals surface area contributed by atoms with Crippen molar-refractivity contribution in [3.8, 4) is 0 Å². The molecule has 0 N–H and O–H groups in total. The van der Waals surface area contributed by atoms with Crippen molar-refractivity contribution in [2.75, 3.05) is 11.2 Å². The van der Waals surface area contributed by atoms with Crippen LogP contribution < -0.4 is 4.90 Å². The van der Waals surface area contributed by atoms with E-state index in [0.29, 0.717) is 13.0 Å². The molecule has 0 aliphatic heterocycles. The summed E-state index contributed by atoms with van der Waals surface area (Å²) in [5.41, 5.74) is 5.35. The molecule has 2 heterocycles. The number of thiazole rings is 1. The molecular weight excluding hydrogens is 410 g/mol. The summed E-state index contributed by atoms with van der Waals surface area (Å²) < 4.78 is 1.11. The molecule has 4 aromatic rings. The predicted molar refractivity (Wildman–Crippen MR) is 126 cm³/mol. The fraction of sp³-hybridized carbons (Fsp3) is 0.208. The number of aryl methyl sites for hydroxylation is 2. The van der Waals surface area contributed by atoms with Crippen molar-refractivity contribution in [3.63, 3.8) is 0 Å². The first-order chi connectivity index (χ1) is 14.5. The van der Waals surface area contributed by atoms with Crippen molar-refractivity contribution >= 4 is 44.4 Å². The minimum absolute atomic E-state index is 0.0390. The lowest BCUT2D eigenvalue weighted by Crippen LogP contribution is -2.31. The van der Waals surface area contributed by atoms with Gasteiger partial charge in [0.1, 0.15) is 0 Å². The first kappa shape index (κ1) is 20.6. The van der Waals surface area contributed by atoms with Crippen LogP contribution in [0.4, 0.5) is 5.13 Å². The molecule has 6 heteroatoms. The van der Waals surface area contributed by atoms with E-state index in [2.05, 4.69) is 43.1 Å². The molecule has 152 valence electrons. The Morgan fingerprint density at radius 3 is 2.47 bits per heavy atom. The van der Waals surface area contributed by atoms with Crippen LogP contribution in [0, 0.1) is 13.8 Å². The molecule has 0 saturated heterocycles. The van der Waals surface area contributed by atoms with Crippen molar-refractivity contribution in [2.45, 2.75) is 31.7 Å². The fourth-order valence-electron chi connectivity index (χ4n) is 3.42. The maximum absolute atomic E-state index is 13.4. The number of amides is 1. The van der Waals surface area contributed by atoms with Crippen molar-refractivity contribution in [1.82, 2.24) is 9.97 Å². The van der Waals surface area contributed by atoms with Gasteiger partial charge in [0.15, 0.2) is 5.13 Å². The normalized spacial score (nSPS) is 11.0. The van der Waals surface area contributed by atoms with E-state index < -0.39 is 0 Å². The SMILES string of the molecule is CSc1ccc(CC(=O)N(Cc2ccncc2)c2nc3c(C)cc(C)cc3s2)cc1. The first-order valence-corrected chi connectivity index (χ1v) is 11.8. The molecule has 0 aliphatic rings. The molecule has 0 bridgehead atoms. The highest BCUT2D eigenvalue weighted by atomic mass is 32.2. The van der Waals surface area contributed by atoms with Crippen molar-refractivity contribution in [1.29, 1.82) is 0 Å². The number of fused-ring (bicyclic) bond motifs is 1. The number of carbonyl (C=O) groups excluding carboxylic acids is 1. The molecule has 30 heavy (non-hydrogen) atoms. The summed E-state index contributed by atoms with van der Waals surface area (Å²) in [6.07, 6.45) is 5.90. The molecule has 0 radical (unpaired) electrons. The zero-order valence-corrected chi connectivity index (χ0v) is 18.9. The number of hydrogen-bond donors (Lipinski definition) is 0. The van der Waals surface area contributed by atoms with Gasteiger partial charge in [0.25, 0.3) is 0 Å². The smallest absolute Gasteiger partial charge is 0.233 e. The highest BCUT2D eigenvalue weighted by Crippen LogP contribution is 2.33. The highest BCUT2D eigenvalue weighted by molar-refractivity contribution is 7.98. The molecule has 0 unspecified atom stereocenters. The number of rotatable bonds is 6. The van der Waals surface area contributed by atoms with Gasteiger partial charge in [-0.15, -0.1) is 11.8 Å². The summed E-state index contributed by atoms with van der Waals surface area (Å²) in [7, 11) is 0. The lowest BCUT2D eigenvalue weighted by atomic mass is 10.1. The highest BCUT2D eigenvalue weighted by Gasteiger charge is 2.21. The lowest BCUT2D eigenvalue weighted by molar-refractivity contribution is -0.118.